The number of rotatable bonds is 4. The monoisotopic (exact) mass is 284 g/mol. The van der Waals surface area contributed by atoms with Crippen molar-refractivity contribution < 1.29 is 19.1 Å². The SMILES string of the molecule is CC(=O)Oc1ccccc1C(OC(C)=O)c1ccccc1. The second kappa shape index (κ2) is 6.70. The van der Waals surface area contributed by atoms with Gasteiger partial charge < -0.3 is 9.47 Å². The Morgan fingerprint density at radius 1 is 0.857 bits per heavy atom. The first-order chi connectivity index (χ1) is 10.1. The highest BCUT2D eigenvalue weighted by Crippen LogP contribution is 2.33. The molecule has 2 rings (SSSR count). The van der Waals surface area contributed by atoms with Gasteiger partial charge in [0.2, 0.25) is 0 Å². The van der Waals surface area contributed by atoms with Crippen LogP contribution in [0.25, 0.3) is 0 Å². The molecule has 2 aromatic rings. The van der Waals surface area contributed by atoms with Gasteiger partial charge in [0.15, 0.2) is 6.10 Å². The van der Waals surface area contributed by atoms with Gasteiger partial charge in [0.1, 0.15) is 5.75 Å². The van der Waals surface area contributed by atoms with Crippen LogP contribution in [-0.2, 0) is 14.3 Å². The van der Waals surface area contributed by atoms with Crippen LogP contribution in [0.1, 0.15) is 31.1 Å². The molecule has 0 aliphatic rings. The third-order valence-corrected chi connectivity index (χ3v) is 2.84. The molecule has 1 atom stereocenters. The minimum absolute atomic E-state index is 0.389. The second-order valence-corrected chi connectivity index (χ2v) is 4.53. The lowest BCUT2D eigenvalue weighted by atomic mass is 10.0. The molecule has 0 saturated heterocycles. The molecular formula is C17H16O4. The van der Waals surface area contributed by atoms with Gasteiger partial charge in [0.05, 0.1) is 0 Å². The maximum Gasteiger partial charge on any atom is 0.308 e. The molecule has 0 radical (unpaired) electrons. The van der Waals surface area contributed by atoms with E-state index in [1.807, 2.05) is 36.4 Å². The molecule has 0 saturated carbocycles. The maximum absolute atomic E-state index is 11.4. The summed E-state index contributed by atoms with van der Waals surface area (Å²) in [5.41, 5.74) is 1.45. The molecule has 0 heterocycles. The number of benzene rings is 2. The zero-order valence-electron chi connectivity index (χ0n) is 11.9. The Hall–Kier alpha value is -2.62. The first-order valence-corrected chi connectivity index (χ1v) is 6.57. The minimum Gasteiger partial charge on any atom is -0.453 e. The molecule has 21 heavy (non-hydrogen) atoms. The highest BCUT2D eigenvalue weighted by molar-refractivity contribution is 5.70. The Kier molecular flexibility index (Phi) is 4.72. The Labute approximate surface area is 123 Å². The maximum atomic E-state index is 11.4. The van der Waals surface area contributed by atoms with Crippen LogP contribution in [0.2, 0.25) is 0 Å². The molecule has 0 amide bonds. The molecule has 0 fully saturated rings. The molecule has 1 unspecified atom stereocenters. The predicted octanol–water partition coefficient (Wildman–Crippen LogP) is 3.26. The van der Waals surface area contributed by atoms with Gasteiger partial charge in [-0.3, -0.25) is 9.59 Å². The van der Waals surface area contributed by atoms with Crippen molar-refractivity contribution >= 4 is 11.9 Å². The van der Waals surface area contributed by atoms with E-state index in [0.29, 0.717) is 11.3 Å². The Bertz CT molecular complexity index is 634. The van der Waals surface area contributed by atoms with Crippen LogP contribution < -0.4 is 4.74 Å². The van der Waals surface area contributed by atoms with Crippen LogP contribution in [-0.4, -0.2) is 11.9 Å². The normalized spacial score (nSPS) is 11.5. The minimum atomic E-state index is -0.612. The second-order valence-electron chi connectivity index (χ2n) is 4.53. The van der Waals surface area contributed by atoms with Gasteiger partial charge in [0.25, 0.3) is 0 Å². The molecule has 0 bridgehead atoms. The van der Waals surface area contributed by atoms with Crippen LogP contribution in [0, 0.1) is 0 Å². The van der Waals surface area contributed by atoms with E-state index in [1.54, 1.807) is 18.2 Å². The van der Waals surface area contributed by atoms with Crippen LogP contribution in [0.3, 0.4) is 0 Å². The van der Waals surface area contributed by atoms with Crippen LogP contribution in [0.15, 0.2) is 54.6 Å². The van der Waals surface area contributed by atoms with E-state index in [1.165, 1.54) is 13.8 Å². The lowest BCUT2D eigenvalue weighted by molar-refractivity contribution is -0.144. The molecule has 4 heteroatoms. The van der Waals surface area contributed by atoms with Gasteiger partial charge in [-0.15, -0.1) is 0 Å². The predicted molar refractivity (Wildman–Crippen MR) is 77.8 cm³/mol. The molecule has 2 aromatic carbocycles. The van der Waals surface area contributed by atoms with E-state index < -0.39 is 18.0 Å². The third kappa shape index (κ3) is 3.92. The zero-order chi connectivity index (χ0) is 15.2. The Balaban J connectivity index is 2.46. The summed E-state index contributed by atoms with van der Waals surface area (Å²) in [6, 6.07) is 16.3. The lowest BCUT2D eigenvalue weighted by Gasteiger charge is -2.20. The summed E-state index contributed by atoms with van der Waals surface area (Å²) >= 11 is 0. The molecule has 0 aliphatic heterocycles. The van der Waals surface area contributed by atoms with Crippen molar-refractivity contribution in [2.45, 2.75) is 20.0 Å². The van der Waals surface area contributed by atoms with Gasteiger partial charge >= 0.3 is 11.9 Å². The quantitative estimate of drug-likeness (QED) is 0.638. The van der Waals surface area contributed by atoms with Gasteiger partial charge in [-0.05, 0) is 11.6 Å². The van der Waals surface area contributed by atoms with Crippen molar-refractivity contribution in [2.24, 2.45) is 0 Å². The molecule has 4 nitrogen and oxygen atoms in total. The standard InChI is InChI=1S/C17H16O4/c1-12(18)20-16-11-7-6-10-15(16)17(21-13(2)19)14-8-4-3-5-9-14/h3-11,17H,1-2H3. The first-order valence-electron chi connectivity index (χ1n) is 6.57. The summed E-state index contributed by atoms with van der Waals surface area (Å²) < 4.78 is 10.6. The highest BCUT2D eigenvalue weighted by atomic mass is 16.6. The summed E-state index contributed by atoms with van der Waals surface area (Å²) in [6.07, 6.45) is -0.612. The average Bonchev–Trinajstić information content (AvgIpc) is 2.46. The fourth-order valence-corrected chi connectivity index (χ4v) is 2.05. The number of para-hydroxylation sites is 1. The van der Waals surface area contributed by atoms with Gasteiger partial charge in [-0.1, -0.05) is 48.5 Å². The Morgan fingerprint density at radius 3 is 2.10 bits per heavy atom. The summed E-state index contributed by atoms with van der Waals surface area (Å²) in [6.45, 7) is 2.69. The number of hydrogen-bond donors (Lipinski definition) is 0. The average molecular weight is 284 g/mol. The van der Waals surface area contributed by atoms with Gasteiger partial charge in [-0.2, -0.15) is 0 Å². The van der Waals surface area contributed by atoms with Crippen molar-refractivity contribution in [2.75, 3.05) is 0 Å². The topological polar surface area (TPSA) is 52.6 Å². The third-order valence-electron chi connectivity index (χ3n) is 2.84. The largest absolute Gasteiger partial charge is 0.453 e. The molecular weight excluding hydrogens is 268 g/mol. The number of ether oxygens (including phenoxy) is 2. The van der Waals surface area contributed by atoms with E-state index in [2.05, 4.69) is 0 Å². The number of carbonyl (C=O) groups excluding carboxylic acids is 2. The van der Waals surface area contributed by atoms with Crippen LogP contribution >= 0.6 is 0 Å². The van der Waals surface area contributed by atoms with E-state index in [4.69, 9.17) is 9.47 Å². The first kappa shape index (κ1) is 14.8. The summed E-state index contributed by atoms with van der Waals surface area (Å²) in [5.74, 6) is -0.432. The number of carbonyl (C=O) groups is 2. The van der Waals surface area contributed by atoms with Crippen molar-refractivity contribution in [1.29, 1.82) is 0 Å². The van der Waals surface area contributed by atoms with Crippen LogP contribution in [0.4, 0.5) is 0 Å². The fraction of sp³-hybridized carbons (Fsp3) is 0.176. The smallest absolute Gasteiger partial charge is 0.308 e. The highest BCUT2D eigenvalue weighted by Gasteiger charge is 2.21. The number of hydrogen-bond acceptors (Lipinski definition) is 4. The molecule has 0 spiro atoms. The van der Waals surface area contributed by atoms with Crippen molar-refractivity contribution in [3.05, 3.63) is 65.7 Å². The van der Waals surface area contributed by atoms with E-state index in [-0.39, 0.29) is 0 Å². The van der Waals surface area contributed by atoms with E-state index >= 15 is 0 Å². The molecule has 108 valence electrons. The van der Waals surface area contributed by atoms with Gasteiger partial charge in [-0.25, -0.2) is 0 Å². The van der Waals surface area contributed by atoms with Crippen molar-refractivity contribution in [3.63, 3.8) is 0 Å². The van der Waals surface area contributed by atoms with Crippen molar-refractivity contribution in [3.8, 4) is 5.75 Å². The summed E-state index contributed by atoms with van der Waals surface area (Å²) in [5, 5.41) is 0. The fourth-order valence-electron chi connectivity index (χ4n) is 2.05. The lowest BCUT2D eigenvalue weighted by Crippen LogP contribution is -2.13. The number of esters is 2. The summed E-state index contributed by atoms with van der Waals surface area (Å²) in [4.78, 5) is 22.6. The van der Waals surface area contributed by atoms with Gasteiger partial charge in [0, 0.05) is 19.4 Å². The van der Waals surface area contributed by atoms with E-state index in [9.17, 15) is 9.59 Å². The Morgan fingerprint density at radius 2 is 1.48 bits per heavy atom. The zero-order valence-corrected chi connectivity index (χ0v) is 11.9. The molecule has 0 N–H and O–H groups in total. The van der Waals surface area contributed by atoms with Crippen LogP contribution in [0.5, 0.6) is 5.75 Å². The molecule has 0 aromatic heterocycles. The van der Waals surface area contributed by atoms with Crippen molar-refractivity contribution in [1.82, 2.24) is 0 Å². The molecule has 0 aliphatic carbocycles. The van der Waals surface area contributed by atoms with E-state index in [0.717, 1.165) is 5.56 Å². The summed E-state index contributed by atoms with van der Waals surface area (Å²) in [7, 11) is 0.